The van der Waals surface area contributed by atoms with Crippen LogP contribution < -0.4 is 10.6 Å². The van der Waals surface area contributed by atoms with E-state index in [0.29, 0.717) is 25.1 Å². The molecular weight excluding hydrogens is 593 g/mol. The van der Waals surface area contributed by atoms with Gasteiger partial charge in [0.1, 0.15) is 28.2 Å². The van der Waals surface area contributed by atoms with E-state index in [-0.39, 0.29) is 56.5 Å². The Morgan fingerprint density at radius 3 is 2.41 bits per heavy atom. The molecule has 1 aromatic heterocycles. The molecule has 1 heterocycles. The lowest BCUT2D eigenvalue weighted by Crippen LogP contribution is -2.14. The smallest absolute Gasteiger partial charge is 0.296 e. The monoisotopic (exact) mass is 620 g/mol. The summed E-state index contributed by atoms with van der Waals surface area (Å²) in [5.41, 5.74) is 0.351. The Bertz CT molecular complexity index is 1690. The molecule has 3 rings (SSSR count). The Morgan fingerprint density at radius 1 is 1.15 bits per heavy atom. The van der Waals surface area contributed by atoms with Gasteiger partial charge >= 0.3 is 0 Å². The number of pyridine rings is 1. The number of aromatic nitrogens is 1. The predicted octanol–water partition coefficient (Wildman–Crippen LogP) is 4.41. The fraction of sp³-hybridized carbons (Fsp3) is 0.280. The van der Waals surface area contributed by atoms with Crippen LogP contribution in [0.3, 0.4) is 0 Å². The van der Waals surface area contributed by atoms with Crippen LogP contribution in [-0.4, -0.2) is 63.5 Å². The van der Waals surface area contributed by atoms with E-state index in [9.17, 15) is 31.2 Å². The van der Waals surface area contributed by atoms with E-state index in [1.54, 1.807) is 26.2 Å². The summed E-state index contributed by atoms with van der Waals surface area (Å²) in [5.74, 6) is 0.686. The zero-order valence-electron chi connectivity index (χ0n) is 22.2. The highest BCUT2D eigenvalue weighted by Gasteiger charge is 2.24. The van der Waals surface area contributed by atoms with Gasteiger partial charge in [-0.3, -0.25) is 8.76 Å². The molecule has 13 nitrogen and oxygen atoms in total. The fourth-order valence-electron chi connectivity index (χ4n) is 3.83. The molecular formula is C25H28N6O7S3. The Labute approximate surface area is 242 Å². The number of hydrogen-bond donors (Lipinski definition) is 4. The third-order valence-electron chi connectivity index (χ3n) is 5.79. The van der Waals surface area contributed by atoms with Crippen molar-refractivity contribution in [1.29, 1.82) is 5.26 Å². The first-order valence-electron chi connectivity index (χ1n) is 12.0. The van der Waals surface area contributed by atoms with Gasteiger partial charge in [0.15, 0.2) is 16.9 Å². The van der Waals surface area contributed by atoms with Crippen molar-refractivity contribution >= 4 is 65.8 Å². The summed E-state index contributed by atoms with van der Waals surface area (Å²) in [4.78, 5) is 3.56. The molecule has 0 saturated heterocycles. The molecule has 0 radical (unpaired) electrons. The van der Waals surface area contributed by atoms with Crippen molar-refractivity contribution in [3.05, 3.63) is 53.4 Å². The molecule has 2 atom stereocenters. The van der Waals surface area contributed by atoms with Gasteiger partial charge in [0.05, 0.1) is 10.5 Å². The number of methoxy groups -OCH3 is 1. The quantitative estimate of drug-likeness (QED) is 0.0860. The van der Waals surface area contributed by atoms with Crippen molar-refractivity contribution in [1.82, 2.24) is 4.98 Å². The molecule has 0 saturated carbocycles. The zero-order valence-corrected chi connectivity index (χ0v) is 24.6. The van der Waals surface area contributed by atoms with Crippen LogP contribution in [0.4, 0.5) is 23.0 Å². The summed E-state index contributed by atoms with van der Waals surface area (Å²) in [6.07, 6.45) is 0.603. The van der Waals surface area contributed by atoms with Crippen LogP contribution in [0.2, 0.25) is 0 Å². The number of nitrogens with one attached hydrogen (secondary N) is 2. The molecule has 4 N–H and O–H groups in total. The number of nitriles is 1. The molecule has 2 unspecified atom stereocenters. The number of benzene rings is 2. The second-order valence-corrected chi connectivity index (χ2v) is 12.2. The highest BCUT2D eigenvalue weighted by Crippen LogP contribution is 2.40. The van der Waals surface area contributed by atoms with Crippen molar-refractivity contribution in [3.63, 3.8) is 0 Å². The summed E-state index contributed by atoms with van der Waals surface area (Å²) in [6, 6.07) is 9.10. The van der Waals surface area contributed by atoms with Crippen LogP contribution >= 0.6 is 0 Å². The van der Waals surface area contributed by atoms with E-state index >= 15 is 0 Å². The molecule has 0 spiro atoms. The Balaban J connectivity index is 2.21. The molecule has 0 bridgehead atoms. The number of hydrogen-bond acceptors (Lipinski definition) is 11. The lowest BCUT2D eigenvalue weighted by Gasteiger charge is -2.16. The minimum absolute atomic E-state index is 0.124. The van der Waals surface area contributed by atoms with Crippen LogP contribution in [0.15, 0.2) is 62.3 Å². The maximum absolute atomic E-state index is 12.3. The van der Waals surface area contributed by atoms with Gasteiger partial charge in [-0.2, -0.15) is 13.7 Å². The summed E-state index contributed by atoms with van der Waals surface area (Å²) >= 11 is -2.57. The fourth-order valence-corrected chi connectivity index (χ4v) is 5.62. The van der Waals surface area contributed by atoms with Crippen molar-refractivity contribution in [2.45, 2.75) is 23.1 Å². The summed E-state index contributed by atoms with van der Waals surface area (Å²) in [6.45, 7) is 6.21. The maximum Gasteiger partial charge on any atom is 0.296 e. The average molecular weight is 621 g/mol. The molecule has 16 heteroatoms. The van der Waals surface area contributed by atoms with Crippen molar-refractivity contribution in [2.75, 3.05) is 43.2 Å². The Hall–Kier alpha value is -3.59. The van der Waals surface area contributed by atoms with Gasteiger partial charge in [0.2, 0.25) is 0 Å². The van der Waals surface area contributed by atoms with Crippen molar-refractivity contribution < 1.29 is 30.7 Å². The molecule has 0 aliphatic carbocycles. The molecule has 0 aliphatic rings. The molecule has 0 aliphatic heterocycles. The topological polar surface area (TPSA) is 203 Å². The second-order valence-electron chi connectivity index (χ2n) is 8.41. The first kappa shape index (κ1) is 31.9. The summed E-state index contributed by atoms with van der Waals surface area (Å²) < 4.78 is 73.1. The maximum atomic E-state index is 12.3. The first-order chi connectivity index (χ1) is 19.5. The van der Waals surface area contributed by atoms with Crippen molar-refractivity contribution in [3.8, 4) is 6.07 Å². The van der Waals surface area contributed by atoms with Gasteiger partial charge in [-0.25, -0.2) is 9.19 Å². The summed E-state index contributed by atoms with van der Waals surface area (Å²) in [5, 5.41) is 26.1. The molecule has 3 aromatic rings. The van der Waals surface area contributed by atoms with E-state index in [4.69, 9.17) is 4.74 Å². The van der Waals surface area contributed by atoms with Crippen molar-refractivity contribution in [2.24, 2.45) is 10.2 Å². The van der Waals surface area contributed by atoms with E-state index in [0.717, 1.165) is 6.07 Å². The minimum atomic E-state index is -4.90. The molecule has 41 heavy (non-hydrogen) atoms. The number of nitrogens with zero attached hydrogens (tertiary/aromatic N) is 4. The predicted molar refractivity (Wildman–Crippen MR) is 157 cm³/mol. The van der Waals surface area contributed by atoms with Gasteiger partial charge in [0.25, 0.3) is 10.1 Å². The lowest BCUT2D eigenvalue weighted by atomic mass is 10.1. The Morgan fingerprint density at radius 2 is 1.80 bits per heavy atom. The van der Waals surface area contributed by atoms with Gasteiger partial charge < -0.3 is 19.9 Å². The molecule has 2 aromatic carbocycles. The molecule has 0 fully saturated rings. The number of azo groups is 1. The average Bonchev–Trinajstić information content (AvgIpc) is 2.93. The molecule has 218 valence electrons. The van der Waals surface area contributed by atoms with Crippen LogP contribution in [-0.2, 0) is 36.7 Å². The highest BCUT2D eigenvalue weighted by molar-refractivity contribution is 7.88. The third-order valence-corrected chi connectivity index (χ3v) is 8.34. The first-order valence-corrected chi connectivity index (χ1v) is 15.9. The Kier molecular flexibility index (Phi) is 11.2. The minimum Gasteiger partial charge on any atom is -0.385 e. The van der Waals surface area contributed by atoms with Gasteiger partial charge in [-0.1, -0.05) is 30.8 Å². The number of anilines is 2. The zero-order chi connectivity index (χ0) is 30.2. The van der Waals surface area contributed by atoms with Crippen LogP contribution in [0, 0.1) is 18.3 Å². The summed E-state index contributed by atoms with van der Waals surface area (Å²) in [7, 11) is -4.60. The van der Waals surface area contributed by atoms with E-state index in [1.165, 1.54) is 17.5 Å². The molecule has 0 amide bonds. The van der Waals surface area contributed by atoms with Gasteiger partial charge in [-0.05, 0) is 24.8 Å². The van der Waals surface area contributed by atoms with E-state index in [1.807, 2.05) is 0 Å². The van der Waals surface area contributed by atoms with Crippen LogP contribution in [0.1, 0.15) is 17.5 Å². The van der Waals surface area contributed by atoms with Crippen LogP contribution in [0.5, 0.6) is 0 Å². The normalized spacial score (nSPS) is 13.1. The largest absolute Gasteiger partial charge is 0.385 e. The van der Waals surface area contributed by atoms with E-state index < -0.39 is 36.9 Å². The highest BCUT2D eigenvalue weighted by atomic mass is 32.2. The number of fused-ring (bicyclic) bond motifs is 1. The van der Waals surface area contributed by atoms with Gasteiger partial charge in [-0.15, -0.1) is 10.2 Å². The van der Waals surface area contributed by atoms with Crippen LogP contribution in [0.25, 0.3) is 10.8 Å². The number of ether oxygens (including phenoxy) is 1. The SMILES string of the molecule is C=CS(=O)CCNc1nc(NCCCOC)c(N=Nc2c(S(=O)(=O)O)cc(S(=O)O)c3ccccc23)c(C)c1C#N. The van der Waals surface area contributed by atoms with Gasteiger partial charge in [0, 0.05) is 59.7 Å². The van der Waals surface area contributed by atoms with E-state index in [2.05, 4.69) is 38.5 Å². The lowest BCUT2D eigenvalue weighted by molar-refractivity contribution is 0.198. The third kappa shape index (κ3) is 7.79. The standard InChI is InChI=1S/C25H28N6O7S3/c1-4-39(32)13-11-28-24-19(15-26)16(2)22(25(29-24)27-10-7-12-38-3)30-31-23-18-9-6-5-8-17(18)20(40(33)34)14-21(23)41(35,36)37/h4-6,8-9,14H,1,7,10-13H2,2-3H3,(H,33,34)(H2,27,28,29)(H,35,36,37). The number of rotatable bonds is 14. The second kappa shape index (κ2) is 14.3.